The smallest absolute Gasteiger partial charge is 0.406 e. The van der Waals surface area contributed by atoms with E-state index in [1.54, 1.807) is 0 Å². The SMILES string of the molecule is O=S(=O)(c1ccc(OC(F)(F)F)cc1)N1c2cc(F)c(F)cc2-c2[nH]ncc2C1C1CC1. The van der Waals surface area contributed by atoms with Crippen LogP contribution in [-0.4, -0.2) is 25.0 Å². The number of aromatic amines is 1. The molecule has 12 heteroatoms. The van der Waals surface area contributed by atoms with Crippen molar-refractivity contribution in [2.24, 2.45) is 5.92 Å². The molecule has 1 fully saturated rings. The number of anilines is 1. The number of hydrogen-bond donors (Lipinski definition) is 1. The van der Waals surface area contributed by atoms with Crippen LogP contribution >= 0.6 is 0 Å². The van der Waals surface area contributed by atoms with Crippen LogP contribution in [0.1, 0.15) is 24.4 Å². The molecule has 1 N–H and O–H groups in total. The van der Waals surface area contributed by atoms with E-state index in [4.69, 9.17) is 0 Å². The number of halogens is 5. The summed E-state index contributed by atoms with van der Waals surface area (Å²) in [7, 11) is -4.37. The van der Waals surface area contributed by atoms with Crippen LogP contribution in [0.5, 0.6) is 5.75 Å². The first-order chi connectivity index (χ1) is 15.1. The minimum Gasteiger partial charge on any atom is -0.406 e. The van der Waals surface area contributed by atoms with Gasteiger partial charge in [0.15, 0.2) is 11.6 Å². The second kappa shape index (κ2) is 6.92. The highest BCUT2D eigenvalue weighted by atomic mass is 32.2. The molecule has 1 aromatic heterocycles. The summed E-state index contributed by atoms with van der Waals surface area (Å²) in [6.45, 7) is 0. The van der Waals surface area contributed by atoms with Crippen LogP contribution in [0.15, 0.2) is 47.5 Å². The van der Waals surface area contributed by atoms with Crippen LogP contribution in [0.3, 0.4) is 0 Å². The van der Waals surface area contributed by atoms with Crippen LogP contribution in [0, 0.1) is 17.6 Å². The summed E-state index contributed by atoms with van der Waals surface area (Å²) in [5.74, 6) is -3.04. The van der Waals surface area contributed by atoms with Gasteiger partial charge in [-0.2, -0.15) is 5.10 Å². The Labute approximate surface area is 178 Å². The first-order valence-corrected chi connectivity index (χ1v) is 10.9. The van der Waals surface area contributed by atoms with Crippen molar-refractivity contribution in [2.45, 2.75) is 30.1 Å². The van der Waals surface area contributed by atoms with Gasteiger partial charge in [-0.05, 0) is 49.1 Å². The average molecular weight is 471 g/mol. The minimum absolute atomic E-state index is 0.0739. The fourth-order valence-corrected chi connectivity index (χ4v) is 5.70. The van der Waals surface area contributed by atoms with Gasteiger partial charge in [-0.25, -0.2) is 17.2 Å². The predicted molar refractivity (Wildman–Crippen MR) is 102 cm³/mol. The maximum Gasteiger partial charge on any atom is 0.573 e. The molecule has 1 unspecified atom stereocenters. The molecular formula is C20H14F5N3O3S. The number of aromatic nitrogens is 2. The molecule has 1 aliphatic heterocycles. The molecule has 1 atom stereocenters. The Balaban J connectivity index is 1.65. The number of benzene rings is 2. The molecule has 1 aliphatic carbocycles. The number of ether oxygens (including phenoxy) is 1. The number of nitrogens with zero attached hydrogens (tertiary/aromatic N) is 2. The number of alkyl halides is 3. The van der Waals surface area contributed by atoms with Crippen LogP contribution in [0.25, 0.3) is 11.3 Å². The van der Waals surface area contributed by atoms with Crippen molar-refractivity contribution in [3.8, 4) is 17.0 Å². The lowest BCUT2D eigenvalue weighted by Crippen LogP contribution is -2.38. The summed E-state index contributed by atoms with van der Waals surface area (Å²) in [4.78, 5) is -0.319. The van der Waals surface area contributed by atoms with E-state index in [1.807, 2.05) is 0 Å². The van der Waals surface area contributed by atoms with Crippen LogP contribution in [0.4, 0.5) is 27.6 Å². The number of sulfonamides is 1. The summed E-state index contributed by atoms with van der Waals surface area (Å²) in [6.07, 6.45) is -2.04. The van der Waals surface area contributed by atoms with Crippen molar-refractivity contribution in [1.82, 2.24) is 10.2 Å². The first kappa shape index (κ1) is 20.7. The number of nitrogens with one attached hydrogen (secondary N) is 1. The summed E-state index contributed by atoms with van der Waals surface area (Å²) < 4.78 is 97.6. The molecule has 5 rings (SSSR count). The number of rotatable bonds is 4. The highest BCUT2D eigenvalue weighted by Gasteiger charge is 2.47. The molecule has 0 amide bonds. The van der Waals surface area contributed by atoms with Gasteiger partial charge in [-0.3, -0.25) is 9.40 Å². The van der Waals surface area contributed by atoms with Crippen molar-refractivity contribution in [3.63, 3.8) is 0 Å². The molecule has 6 nitrogen and oxygen atoms in total. The van der Waals surface area contributed by atoms with Crippen LogP contribution < -0.4 is 9.04 Å². The standard InChI is InChI=1S/C20H14F5N3O3S/c21-15-7-13-17(8-16(15)22)28(19(10-1-2-10)14-9-26-27-18(13)14)32(29,30)12-5-3-11(4-6-12)31-20(23,24)25/h3-10,19H,1-2H2,(H,26,27). The van der Waals surface area contributed by atoms with Gasteiger partial charge in [-0.15, -0.1) is 13.2 Å². The van der Waals surface area contributed by atoms with Crippen molar-refractivity contribution in [3.05, 3.63) is 59.8 Å². The Morgan fingerprint density at radius 1 is 1.06 bits per heavy atom. The summed E-state index contributed by atoms with van der Waals surface area (Å²) >= 11 is 0. The Hall–Kier alpha value is -3.15. The monoisotopic (exact) mass is 471 g/mol. The van der Waals surface area contributed by atoms with Crippen molar-refractivity contribution < 1.29 is 35.1 Å². The zero-order chi connectivity index (χ0) is 22.8. The second-order valence-corrected chi connectivity index (χ2v) is 9.40. The molecule has 3 aromatic rings. The van der Waals surface area contributed by atoms with Gasteiger partial charge in [0, 0.05) is 17.2 Å². The van der Waals surface area contributed by atoms with Crippen molar-refractivity contribution in [1.29, 1.82) is 0 Å². The normalized spacial score (nSPS) is 18.3. The predicted octanol–water partition coefficient (Wildman–Crippen LogP) is 4.91. The summed E-state index contributed by atoms with van der Waals surface area (Å²) in [5, 5.41) is 6.69. The van der Waals surface area contributed by atoms with Crippen molar-refractivity contribution >= 4 is 15.7 Å². The van der Waals surface area contributed by atoms with Gasteiger partial charge in [-0.1, -0.05) is 0 Å². The molecular weight excluding hydrogens is 457 g/mol. The number of fused-ring (bicyclic) bond motifs is 3. The summed E-state index contributed by atoms with van der Waals surface area (Å²) in [5.41, 5.74) is 0.963. The second-order valence-electron chi connectivity index (χ2n) is 7.59. The molecule has 2 aliphatic rings. The highest BCUT2D eigenvalue weighted by Crippen LogP contribution is 2.55. The molecule has 168 valence electrons. The van der Waals surface area contributed by atoms with Gasteiger partial charge < -0.3 is 4.74 Å². The molecule has 0 radical (unpaired) electrons. The fraction of sp³-hybridized carbons (Fsp3) is 0.250. The van der Waals surface area contributed by atoms with Gasteiger partial charge in [0.25, 0.3) is 10.0 Å². The molecule has 0 saturated heterocycles. The van der Waals surface area contributed by atoms with Crippen molar-refractivity contribution in [2.75, 3.05) is 4.31 Å². The lowest BCUT2D eigenvalue weighted by Gasteiger charge is -2.37. The maximum atomic E-state index is 14.2. The zero-order valence-corrected chi connectivity index (χ0v) is 16.8. The van der Waals surface area contributed by atoms with Gasteiger partial charge in [0.1, 0.15) is 5.75 Å². The molecule has 0 bridgehead atoms. The third kappa shape index (κ3) is 3.38. The minimum atomic E-state index is -4.93. The number of H-pyrrole nitrogens is 1. The summed E-state index contributed by atoms with van der Waals surface area (Å²) in [6, 6.07) is 4.70. The Bertz CT molecular complexity index is 1300. The first-order valence-electron chi connectivity index (χ1n) is 9.49. The van der Waals surface area contributed by atoms with E-state index < -0.39 is 39.8 Å². The fourth-order valence-electron chi connectivity index (χ4n) is 3.99. The van der Waals surface area contributed by atoms with E-state index in [0.29, 0.717) is 11.3 Å². The average Bonchev–Trinajstić information content (AvgIpc) is 3.43. The lowest BCUT2D eigenvalue weighted by atomic mass is 9.93. The van der Waals surface area contributed by atoms with E-state index in [9.17, 15) is 30.4 Å². The Kier molecular flexibility index (Phi) is 4.49. The van der Waals surface area contributed by atoms with Crippen LogP contribution in [0.2, 0.25) is 0 Å². The Morgan fingerprint density at radius 2 is 1.72 bits per heavy atom. The third-order valence-corrected chi connectivity index (χ3v) is 7.28. The zero-order valence-electron chi connectivity index (χ0n) is 16.0. The largest absolute Gasteiger partial charge is 0.573 e. The lowest BCUT2D eigenvalue weighted by molar-refractivity contribution is -0.274. The maximum absolute atomic E-state index is 14.2. The molecule has 0 spiro atoms. The van der Waals surface area contributed by atoms with Crippen LogP contribution in [-0.2, 0) is 10.0 Å². The van der Waals surface area contributed by atoms with Gasteiger partial charge >= 0.3 is 6.36 Å². The molecule has 1 saturated carbocycles. The molecule has 2 heterocycles. The molecule has 2 aromatic carbocycles. The van der Waals surface area contributed by atoms with E-state index in [1.165, 1.54) is 6.20 Å². The topological polar surface area (TPSA) is 75.3 Å². The molecule has 32 heavy (non-hydrogen) atoms. The van der Waals surface area contributed by atoms with E-state index in [2.05, 4.69) is 14.9 Å². The van der Waals surface area contributed by atoms with Gasteiger partial charge in [0.05, 0.1) is 28.5 Å². The third-order valence-electron chi connectivity index (χ3n) is 5.47. The highest BCUT2D eigenvalue weighted by molar-refractivity contribution is 7.92. The number of hydrogen-bond acceptors (Lipinski definition) is 4. The van der Waals surface area contributed by atoms with Gasteiger partial charge in [0.2, 0.25) is 0 Å². The quantitative estimate of drug-likeness (QED) is 0.549. The van der Waals surface area contributed by atoms with E-state index in [0.717, 1.165) is 53.5 Å². The van der Waals surface area contributed by atoms with E-state index in [-0.39, 0.29) is 22.1 Å². The Morgan fingerprint density at radius 3 is 2.34 bits per heavy atom. The van der Waals surface area contributed by atoms with E-state index >= 15 is 0 Å².